The Labute approximate surface area is 177 Å². The van der Waals surface area contributed by atoms with Gasteiger partial charge in [-0.05, 0) is 48.0 Å². The van der Waals surface area contributed by atoms with Crippen LogP contribution in [0.15, 0.2) is 87.1 Å². The van der Waals surface area contributed by atoms with Crippen molar-refractivity contribution >= 4 is 23.1 Å². The first-order chi connectivity index (χ1) is 15.0. The second kappa shape index (κ2) is 8.54. The Hall–Kier alpha value is -4.39. The molecule has 1 amide bonds. The van der Waals surface area contributed by atoms with E-state index in [1.165, 1.54) is 25.5 Å². The monoisotopic (exact) mass is 414 g/mol. The summed E-state index contributed by atoms with van der Waals surface area (Å²) in [6.07, 6.45) is 1.41. The number of para-hydroxylation sites is 1. The van der Waals surface area contributed by atoms with Crippen molar-refractivity contribution in [2.45, 2.75) is 0 Å². The number of carbonyl (C=O) groups excluding carboxylic acids is 1. The number of aromatic hydroxyl groups is 1. The Kier molecular flexibility index (Phi) is 5.49. The molecule has 2 N–H and O–H groups in total. The zero-order valence-electron chi connectivity index (χ0n) is 16.5. The predicted molar refractivity (Wildman–Crippen MR) is 118 cm³/mol. The van der Waals surface area contributed by atoms with Crippen LogP contribution in [-0.4, -0.2) is 24.3 Å². The zero-order chi connectivity index (χ0) is 21.8. The van der Waals surface area contributed by atoms with Gasteiger partial charge in [-0.1, -0.05) is 24.3 Å². The lowest BCUT2D eigenvalue weighted by Gasteiger charge is -2.05. The third kappa shape index (κ3) is 4.30. The molecular formula is C24H18N2O5. The Morgan fingerprint density at radius 2 is 1.84 bits per heavy atom. The van der Waals surface area contributed by atoms with Crippen LogP contribution < -0.4 is 15.6 Å². The topological polar surface area (TPSA) is 101 Å². The third-order valence-corrected chi connectivity index (χ3v) is 4.65. The van der Waals surface area contributed by atoms with Gasteiger partial charge in [0.15, 0.2) is 16.9 Å². The summed E-state index contributed by atoms with van der Waals surface area (Å²) in [5.41, 5.74) is 4.48. The van der Waals surface area contributed by atoms with E-state index in [-0.39, 0.29) is 11.2 Å². The molecule has 7 heteroatoms. The summed E-state index contributed by atoms with van der Waals surface area (Å²) >= 11 is 0. The number of fused-ring (bicyclic) bond motifs is 1. The third-order valence-electron chi connectivity index (χ3n) is 4.65. The predicted octanol–water partition coefficient (Wildman–Crippen LogP) is 3.94. The summed E-state index contributed by atoms with van der Waals surface area (Å²) in [5.74, 6) is 0.353. The van der Waals surface area contributed by atoms with Crippen molar-refractivity contribution in [2.75, 3.05) is 7.11 Å². The number of ether oxygens (including phenoxy) is 1. The van der Waals surface area contributed by atoms with Crippen LogP contribution in [0.5, 0.6) is 11.5 Å². The molecule has 0 fully saturated rings. The van der Waals surface area contributed by atoms with Crippen LogP contribution in [0.1, 0.15) is 15.9 Å². The summed E-state index contributed by atoms with van der Waals surface area (Å²) in [6, 6.07) is 19.9. The van der Waals surface area contributed by atoms with Gasteiger partial charge < -0.3 is 14.3 Å². The number of benzene rings is 3. The van der Waals surface area contributed by atoms with Crippen LogP contribution in [0, 0.1) is 0 Å². The molecule has 4 aromatic rings. The van der Waals surface area contributed by atoms with E-state index in [1.807, 2.05) is 0 Å². The van der Waals surface area contributed by atoms with Crippen LogP contribution in [0.4, 0.5) is 0 Å². The van der Waals surface area contributed by atoms with E-state index in [0.29, 0.717) is 39.2 Å². The second-order valence-corrected chi connectivity index (χ2v) is 6.68. The number of methoxy groups -OCH3 is 1. The first-order valence-corrected chi connectivity index (χ1v) is 9.39. The van der Waals surface area contributed by atoms with Crippen LogP contribution in [0.3, 0.4) is 0 Å². The van der Waals surface area contributed by atoms with Gasteiger partial charge >= 0.3 is 0 Å². The Morgan fingerprint density at radius 3 is 2.58 bits per heavy atom. The number of phenolic OH excluding ortho intramolecular Hbond substituents is 1. The van der Waals surface area contributed by atoms with E-state index in [0.717, 1.165) is 0 Å². The average molecular weight is 414 g/mol. The molecule has 0 radical (unpaired) electrons. The van der Waals surface area contributed by atoms with Gasteiger partial charge in [-0.25, -0.2) is 5.43 Å². The standard InChI is InChI=1S/C24H18N2O5/c1-30-22-11-6-15(12-20(22)28)14-25-26-24(29)17-9-7-16(8-10-17)23-13-19(27)18-4-2-3-5-21(18)31-23/h2-14,28H,1H3,(H,26,29)/b25-14+. The minimum Gasteiger partial charge on any atom is -0.504 e. The van der Waals surface area contributed by atoms with E-state index >= 15 is 0 Å². The summed E-state index contributed by atoms with van der Waals surface area (Å²) < 4.78 is 10.8. The first kappa shape index (κ1) is 19.9. The molecular weight excluding hydrogens is 396 g/mol. The van der Waals surface area contributed by atoms with Gasteiger partial charge in [0, 0.05) is 17.2 Å². The molecule has 0 saturated carbocycles. The van der Waals surface area contributed by atoms with Gasteiger partial charge in [0.1, 0.15) is 11.3 Å². The molecule has 0 aliphatic carbocycles. The minimum atomic E-state index is -0.402. The van der Waals surface area contributed by atoms with Gasteiger partial charge in [-0.3, -0.25) is 9.59 Å². The van der Waals surface area contributed by atoms with E-state index in [9.17, 15) is 14.7 Å². The number of amides is 1. The molecule has 1 heterocycles. The summed E-state index contributed by atoms with van der Waals surface area (Å²) in [6.45, 7) is 0. The lowest BCUT2D eigenvalue weighted by atomic mass is 10.1. The quantitative estimate of drug-likeness (QED) is 0.381. The van der Waals surface area contributed by atoms with Crippen molar-refractivity contribution in [3.63, 3.8) is 0 Å². The van der Waals surface area contributed by atoms with E-state index < -0.39 is 5.91 Å². The van der Waals surface area contributed by atoms with Crippen LogP contribution in [0.2, 0.25) is 0 Å². The highest BCUT2D eigenvalue weighted by Gasteiger charge is 2.09. The lowest BCUT2D eigenvalue weighted by Crippen LogP contribution is -2.17. The molecule has 0 atom stereocenters. The van der Waals surface area contributed by atoms with Gasteiger partial charge in [-0.15, -0.1) is 0 Å². The largest absolute Gasteiger partial charge is 0.504 e. The molecule has 0 spiro atoms. The molecule has 1 aromatic heterocycles. The van der Waals surface area contributed by atoms with Crippen LogP contribution in [-0.2, 0) is 0 Å². The highest BCUT2D eigenvalue weighted by atomic mass is 16.5. The SMILES string of the molecule is COc1ccc(/C=N/NC(=O)c2ccc(-c3cc(=O)c4ccccc4o3)cc2)cc1O. The summed E-state index contributed by atoms with van der Waals surface area (Å²) in [4.78, 5) is 24.6. The molecule has 7 nitrogen and oxygen atoms in total. The molecule has 0 unspecified atom stereocenters. The fraction of sp³-hybridized carbons (Fsp3) is 0.0417. The van der Waals surface area contributed by atoms with E-state index in [2.05, 4.69) is 10.5 Å². The first-order valence-electron chi connectivity index (χ1n) is 9.39. The van der Waals surface area contributed by atoms with Crippen molar-refractivity contribution in [3.05, 3.63) is 94.1 Å². The van der Waals surface area contributed by atoms with E-state index in [1.54, 1.807) is 60.7 Å². The maximum atomic E-state index is 12.3. The number of rotatable bonds is 5. The molecule has 0 aliphatic rings. The smallest absolute Gasteiger partial charge is 0.271 e. The zero-order valence-corrected chi connectivity index (χ0v) is 16.5. The normalized spacial score (nSPS) is 11.0. The summed E-state index contributed by atoms with van der Waals surface area (Å²) in [5, 5.41) is 14.2. The van der Waals surface area contributed by atoms with Gasteiger partial charge in [0.2, 0.25) is 0 Å². The van der Waals surface area contributed by atoms with Gasteiger partial charge in [-0.2, -0.15) is 5.10 Å². The molecule has 0 aliphatic heterocycles. The highest BCUT2D eigenvalue weighted by Crippen LogP contribution is 2.25. The Balaban J connectivity index is 1.47. The van der Waals surface area contributed by atoms with E-state index in [4.69, 9.17) is 9.15 Å². The Bertz CT molecular complexity index is 1340. The number of hydrazone groups is 1. The fourth-order valence-electron chi connectivity index (χ4n) is 3.05. The number of phenols is 1. The Morgan fingerprint density at radius 1 is 1.06 bits per heavy atom. The van der Waals surface area contributed by atoms with Crippen molar-refractivity contribution in [1.82, 2.24) is 5.43 Å². The molecule has 0 saturated heterocycles. The number of nitrogens with one attached hydrogen (secondary N) is 1. The number of nitrogens with zero attached hydrogens (tertiary/aromatic N) is 1. The van der Waals surface area contributed by atoms with Crippen LogP contribution in [0.25, 0.3) is 22.3 Å². The minimum absolute atomic E-state index is 0.0197. The number of carbonyl (C=O) groups is 1. The van der Waals surface area contributed by atoms with Crippen molar-refractivity contribution in [2.24, 2.45) is 5.10 Å². The molecule has 154 valence electrons. The van der Waals surface area contributed by atoms with Crippen molar-refractivity contribution in [1.29, 1.82) is 0 Å². The molecule has 31 heavy (non-hydrogen) atoms. The fourth-order valence-corrected chi connectivity index (χ4v) is 3.05. The highest BCUT2D eigenvalue weighted by molar-refractivity contribution is 5.95. The average Bonchev–Trinajstić information content (AvgIpc) is 2.79. The van der Waals surface area contributed by atoms with Crippen molar-refractivity contribution < 1.29 is 19.1 Å². The van der Waals surface area contributed by atoms with Gasteiger partial charge in [0.05, 0.1) is 18.7 Å². The molecule has 0 bridgehead atoms. The summed E-state index contributed by atoms with van der Waals surface area (Å²) in [7, 11) is 1.46. The maximum Gasteiger partial charge on any atom is 0.271 e. The maximum absolute atomic E-state index is 12.3. The van der Waals surface area contributed by atoms with Crippen molar-refractivity contribution in [3.8, 4) is 22.8 Å². The number of hydrogen-bond acceptors (Lipinski definition) is 6. The molecule has 4 rings (SSSR count). The second-order valence-electron chi connectivity index (χ2n) is 6.68. The van der Waals surface area contributed by atoms with Crippen LogP contribution >= 0.6 is 0 Å². The molecule has 3 aromatic carbocycles. The lowest BCUT2D eigenvalue weighted by molar-refractivity contribution is 0.0955. The van der Waals surface area contributed by atoms with Gasteiger partial charge in [0.25, 0.3) is 5.91 Å². The number of hydrogen-bond donors (Lipinski definition) is 2.